The minimum atomic E-state index is 1.26. The van der Waals surface area contributed by atoms with Gasteiger partial charge in [0, 0.05) is 0 Å². The minimum Gasteiger partial charge on any atom is -0.0991 e. The number of benzene rings is 1. The Morgan fingerprint density at radius 1 is 1.27 bits per heavy atom. The summed E-state index contributed by atoms with van der Waals surface area (Å²) in [4.78, 5) is 0. The van der Waals surface area contributed by atoms with Crippen molar-refractivity contribution < 1.29 is 0 Å². The molecule has 0 spiro atoms. The summed E-state index contributed by atoms with van der Waals surface area (Å²) in [5.74, 6) is 0. The number of aryl methyl sites for hydroxylation is 1. The van der Waals surface area contributed by atoms with Crippen molar-refractivity contribution in [2.75, 3.05) is 0 Å². The van der Waals surface area contributed by atoms with Crippen LogP contribution in [0.2, 0.25) is 0 Å². The quantitative estimate of drug-likeness (QED) is 0.559. The third-order valence-electron chi connectivity index (χ3n) is 1.60. The molecule has 0 radical (unpaired) electrons. The summed E-state index contributed by atoms with van der Waals surface area (Å²) in [6.07, 6.45) is 5.79. The summed E-state index contributed by atoms with van der Waals surface area (Å²) in [6.45, 7) is 5.72. The molecule has 1 rings (SSSR count). The highest BCUT2D eigenvalue weighted by molar-refractivity contribution is 5.54. The largest absolute Gasteiger partial charge is 0.0991 e. The lowest BCUT2D eigenvalue weighted by Gasteiger charge is -1.96. The Kier molecular flexibility index (Phi) is 2.67. The summed E-state index contributed by atoms with van der Waals surface area (Å²) in [5, 5.41) is 0. The van der Waals surface area contributed by atoms with Crippen molar-refractivity contribution in [2.45, 2.75) is 6.92 Å². The van der Waals surface area contributed by atoms with Crippen LogP contribution in [0.3, 0.4) is 0 Å². The van der Waals surface area contributed by atoms with Crippen LogP contribution in [0.5, 0.6) is 0 Å². The topological polar surface area (TPSA) is 0 Å². The van der Waals surface area contributed by atoms with E-state index in [2.05, 4.69) is 31.7 Å². The van der Waals surface area contributed by atoms with Gasteiger partial charge in [0.2, 0.25) is 0 Å². The number of allylic oxidation sites excluding steroid dienone is 2. The summed E-state index contributed by atoms with van der Waals surface area (Å²) in [5.41, 5.74) is 2.55. The fraction of sp³-hybridized carbons (Fsp3) is 0.0909. The van der Waals surface area contributed by atoms with E-state index >= 15 is 0 Å². The third kappa shape index (κ3) is 2.08. The van der Waals surface area contributed by atoms with Crippen LogP contribution in [0.1, 0.15) is 11.1 Å². The Balaban J connectivity index is 2.94. The summed E-state index contributed by atoms with van der Waals surface area (Å²) in [7, 11) is 0. The monoisotopic (exact) mass is 144 g/mol. The van der Waals surface area contributed by atoms with Crippen LogP contribution in [0, 0.1) is 6.92 Å². The van der Waals surface area contributed by atoms with Crippen molar-refractivity contribution in [1.29, 1.82) is 0 Å². The molecule has 0 bridgehead atoms. The van der Waals surface area contributed by atoms with Crippen molar-refractivity contribution in [3.8, 4) is 0 Å². The van der Waals surface area contributed by atoms with E-state index < -0.39 is 0 Å². The summed E-state index contributed by atoms with van der Waals surface area (Å²) in [6, 6.07) is 8.27. The van der Waals surface area contributed by atoms with Crippen LogP contribution in [0.4, 0.5) is 0 Å². The number of rotatable bonds is 2. The van der Waals surface area contributed by atoms with Gasteiger partial charge < -0.3 is 0 Å². The van der Waals surface area contributed by atoms with Crippen molar-refractivity contribution in [1.82, 2.24) is 0 Å². The molecule has 0 aliphatic rings. The second-order valence-electron chi connectivity index (χ2n) is 2.45. The maximum atomic E-state index is 3.62. The minimum absolute atomic E-state index is 1.26. The second-order valence-corrected chi connectivity index (χ2v) is 2.45. The van der Waals surface area contributed by atoms with E-state index in [9.17, 15) is 0 Å². The molecule has 0 aromatic heterocycles. The molecule has 1 aromatic rings. The van der Waals surface area contributed by atoms with Gasteiger partial charge in [-0.1, -0.05) is 49.1 Å². The number of hydrogen-bond donors (Lipinski definition) is 0. The van der Waals surface area contributed by atoms with Crippen molar-refractivity contribution >= 4 is 6.08 Å². The molecular formula is C11H12. The maximum Gasteiger partial charge on any atom is -0.0227 e. The molecule has 11 heavy (non-hydrogen) atoms. The van der Waals surface area contributed by atoms with E-state index in [0.717, 1.165) is 0 Å². The summed E-state index contributed by atoms with van der Waals surface area (Å²) < 4.78 is 0. The lowest BCUT2D eigenvalue weighted by atomic mass is 10.1. The van der Waals surface area contributed by atoms with Crippen LogP contribution in [0.15, 0.2) is 43.0 Å². The van der Waals surface area contributed by atoms with Crippen molar-refractivity contribution in [2.24, 2.45) is 0 Å². The molecule has 56 valence electrons. The van der Waals surface area contributed by atoms with Crippen LogP contribution < -0.4 is 0 Å². The predicted molar refractivity (Wildman–Crippen MR) is 50.4 cm³/mol. The molecule has 0 heteroatoms. The zero-order valence-corrected chi connectivity index (χ0v) is 6.75. The Hall–Kier alpha value is -1.30. The molecule has 0 unspecified atom stereocenters. The van der Waals surface area contributed by atoms with E-state index in [0.29, 0.717) is 0 Å². The fourth-order valence-corrected chi connectivity index (χ4v) is 0.945. The van der Waals surface area contributed by atoms with Crippen LogP contribution >= 0.6 is 0 Å². The van der Waals surface area contributed by atoms with Crippen molar-refractivity contribution in [3.63, 3.8) is 0 Å². The first-order valence-corrected chi connectivity index (χ1v) is 3.69. The Labute approximate surface area is 67.9 Å². The zero-order valence-electron chi connectivity index (χ0n) is 6.75. The lowest BCUT2D eigenvalue weighted by molar-refractivity contribution is 1.44. The molecule has 0 atom stereocenters. The van der Waals surface area contributed by atoms with Gasteiger partial charge in [0.15, 0.2) is 0 Å². The molecule has 0 saturated heterocycles. The van der Waals surface area contributed by atoms with Crippen LogP contribution in [0.25, 0.3) is 6.08 Å². The van der Waals surface area contributed by atoms with Crippen LogP contribution in [-0.2, 0) is 0 Å². The van der Waals surface area contributed by atoms with Crippen molar-refractivity contribution in [3.05, 3.63) is 54.1 Å². The molecule has 0 saturated carbocycles. The lowest BCUT2D eigenvalue weighted by Crippen LogP contribution is -1.76. The van der Waals surface area contributed by atoms with Gasteiger partial charge in [0.25, 0.3) is 0 Å². The predicted octanol–water partition coefficient (Wildman–Crippen LogP) is 3.19. The second kappa shape index (κ2) is 3.77. The van der Waals surface area contributed by atoms with Gasteiger partial charge in [-0.15, -0.1) is 0 Å². The first kappa shape index (κ1) is 7.80. The highest BCUT2D eigenvalue weighted by atomic mass is 13.9. The molecule has 0 heterocycles. The highest BCUT2D eigenvalue weighted by Crippen LogP contribution is 2.08. The van der Waals surface area contributed by atoms with E-state index in [1.807, 2.05) is 18.2 Å². The van der Waals surface area contributed by atoms with E-state index in [-0.39, 0.29) is 0 Å². The molecule has 0 aliphatic heterocycles. The van der Waals surface area contributed by atoms with Gasteiger partial charge >= 0.3 is 0 Å². The van der Waals surface area contributed by atoms with Gasteiger partial charge in [-0.05, 0) is 18.1 Å². The zero-order chi connectivity index (χ0) is 8.10. The summed E-state index contributed by atoms with van der Waals surface area (Å²) >= 11 is 0. The SMILES string of the molecule is C=C/C=C/c1ccccc1C. The fourth-order valence-electron chi connectivity index (χ4n) is 0.945. The molecule has 0 fully saturated rings. The average molecular weight is 144 g/mol. The van der Waals surface area contributed by atoms with E-state index in [1.54, 1.807) is 6.08 Å². The first-order chi connectivity index (χ1) is 5.34. The number of hydrogen-bond acceptors (Lipinski definition) is 0. The molecule has 0 amide bonds. The Morgan fingerprint density at radius 2 is 2.00 bits per heavy atom. The third-order valence-corrected chi connectivity index (χ3v) is 1.60. The molecule has 1 aromatic carbocycles. The van der Waals surface area contributed by atoms with Gasteiger partial charge in [-0.2, -0.15) is 0 Å². The van der Waals surface area contributed by atoms with Crippen LogP contribution in [-0.4, -0.2) is 0 Å². The average Bonchev–Trinajstić information content (AvgIpc) is 2.03. The Bertz CT molecular complexity index is 269. The normalized spacial score (nSPS) is 10.3. The molecular weight excluding hydrogens is 132 g/mol. The van der Waals surface area contributed by atoms with Gasteiger partial charge in [0.1, 0.15) is 0 Å². The first-order valence-electron chi connectivity index (χ1n) is 3.69. The highest BCUT2D eigenvalue weighted by Gasteiger charge is 1.88. The molecule has 0 N–H and O–H groups in total. The standard InChI is InChI=1S/C11H12/c1-3-4-8-11-9-6-5-7-10(11)2/h3-9H,1H2,2H3/b8-4+. The smallest absolute Gasteiger partial charge is 0.0227 e. The van der Waals surface area contributed by atoms with Gasteiger partial charge in [-0.25, -0.2) is 0 Å². The van der Waals surface area contributed by atoms with Gasteiger partial charge in [0.05, 0.1) is 0 Å². The maximum absolute atomic E-state index is 3.62. The molecule has 0 nitrogen and oxygen atoms in total. The Morgan fingerprint density at radius 3 is 2.64 bits per heavy atom. The van der Waals surface area contributed by atoms with Gasteiger partial charge in [-0.3, -0.25) is 0 Å². The molecule has 0 aliphatic carbocycles. The van der Waals surface area contributed by atoms with E-state index in [1.165, 1.54) is 11.1 Å². The van der Waals surface area contributed by atoms with E-state index in [4.69, 9.17) is 0 Å².